The standard InChI is InChI=1S/C14H15N3O3/c1-9-5-11(17(2)16-9)14(18)15-7-10-3-4-12-13(6-10)20-8-19-12/h3-6H,7-8H2,1-2H3,(H,15,18). The van der Waals surface area contributed by atoms with Crippen molar-refractivity contribution in [3.8, 4) is 11.5 Å². The number of hydrogen-bond donors (Lipinski definition) is 1. The first kappa shape index (κ1) is 12.5. The smallest absolute Gasteiger partial charge is 0.269 e. The molecule has 1 aromatic carbocycles. The highest BCUT2D eigenvalue weighted by Gasteiger charge is 2.14. The van der Waals surface area contributed by atoms with Crippen LogP contribution in [0.1, 0.15) is 21.7 Å². The summed E-state index contributed by atoms with van der Waals surface area (Å²) in [7, 11) is 1.75. The van der Waals surface area contributed by atoms with E-state index < -0.39 is 0 Å². The highest BCUT2D eigenvalue weighted by atomic mass is 16.7. The molecule has 0 saturated carbocycles. The molecule has 0 fully saturated rings. The van der Waals surface area contributed by atoms with E-state index in [2.05, 4.69) is 10.4 Å². The summed E-state index contributed by atoms with van der Waals surface area (Å²) in [6, 6.07) is 7.38. The summed E-state index contributed by atoms with van der Waals surface area (Å²) in [6.45, 7) is 2.54. The number of nitrogens with zero attached hydrogens (tertiary/aromatic N) is 2. The lowest BCUT2D eigenvalue weighted by atomic mass is 10.2. The quantitative estimate of drug-likeness (QED) is 0.917. The number of carbonyl (C=O) groups excluding carboxylic acids is 1. The Labute approximate surface area is 116 Å². The second-order valence-corrected chi connectivity index (χ2v) is 4.66. The summed E-state index contributed by atoms with van der Waals surface area (Å²) < 4.78 is 12.1. The molecule has 1 aliphatic rings. The van der Waals surface area contributed by atoms with Crippen LogP contribution < -0.4 is 14.8 Å². The summed E-state index contributed by atoms with van der Waals surface area (Å²) in [5.41, 5.74) is 2.32. The summed E-state index contributed by atoms with van der Waals surface area (Å²) in [6.07, 6.45) is 0. The predicted molar refractivity (Wildman–Crippen MR) is 71.7 cm³/mol. The van der Waals surface area contributed by atoms with E-state index in [1.54, 1.807) is 17.8 Å². The van der Waals surface area contributed by atoms with E-state index in [0.717, 1.165) is 17.0 Å². The molecule has 0 bridgehead atoms. The molecule has 0 saturated heterocycles. The van der Waals surface area contributed by atoms with E-state index in [1.807, 2.05) is 25.1 Å². The Balaban J connectivity index is 1.67. The minimum absolute atomic E-state index is 0.147. The minimum Gasteiger partial charge on any atom is -0.454 e. The van der Waals surface area contributed by atoms with Crippen LogP contribution in [0.5, 0.6) is 11.5 Å². The summed E-state index contributed by atoms with van der Waals surface area (Å²) in [5, 5.41) is 7.02. The molecule has 2 heterocycles. The van der Waals surface area contributed by atoms with Gasteiger partial charge in [-0.25, -0.2) is 0 Å². The van der Waals surface area contributed by atoms with Crippen molar-refractivity contribution in [3.63, 3.8) is 0 Å². The Hall–Kier alpha value is -2.50. The van der Waals surface area contributed by atoms with Crippen molar-refractivity contribution >= 4 is 5.91 Å². The van der Waals surface area contributed by atoms with Gasteiger partial charge < -0.3 is 14.8 Å². The Morgan fingerprint density at radius 3 is 2.90 bits per heavy atom. The lowest BCUT2D eigenvalue weighted by Gasteiger charge is -2.06. The molecule has 1 amide bonds. The van der Waals surface area contributed by atoms with Crippen LogP contribution in [0.25, 0.3) is 0 Å². The number of carbonyl (C=O) groups is 1. The molecule has 0 aliphatic carbocycles. The van der Waals surface area contributed by atoms with Gasteiger partial charge in [0.25, 0.3) is 5.91 Å². The van der Waals surface area contributed by atoms with Gasteiger partial charge in [-0.3, -0.25) is 9.48 Å². The van der Waals surface area contributed by atoms with Gasteiger partial charge in [-0.2, -0.15) is 5.10 Å². The molecule has 6 nitrogen and oxygen atoms in total. The first-order valence-electron chi connectivity index (χ1n) is 6.31. The molecule has 0 spiro atoms. The topological polar surface area (TPSA) is 65.4 Å². The molecular weight excluding hydrogens is 258 g/mol. The maximum absolute atomic E-state index is 12.1. The maximum atomic E-state index is 12.1. The molecule has 20 heavy (non-hydrogen) atoms. The van der Waals surface area contributed by atoms with E-state index in [1.165, 1.54) is 0 Å². The van der Waals surface area contributed by atoms with Crippen LogP contribution in [0.2, 0.25) is 0 Å². The van der Waals surface area contributed by atoms with Crippen LogP contribution >= 0.6 is 0 Å². The fraction of sp³-hybridized carbons (Fsp3) is 0.286. The van der Waals surface area contributed by atoms with E-state index in [0.29, 0.717) is 18.0 Å². The Kier molecular flexibility index (Phi) is 3.06. The zero-order chi connectivity index (χ0) is 14.1. The van der Waals surface area contributed by atoms with Crippen LogP contribution in [0.4, 0.5) is 0 Å². The van der Waals surface area contributed by atoms with Gasteiger partial charge in [0.1, 0.15) is 5.69 Å². The van der Waals surface area contributed by atoms with Gasteiger partial charge in [-0.1, -0.05) is 6.07 Å². The average molecular weight is 273 g/mol. The lowest BCUT2D eigenvalue weighted by Crippen LogP contribution is -2.25. The molecule has 6 heteroatoms. The molecule has 3 rings (SSSR count). The molecule has 0 atom stereocenters. The van der Waals surface area contributed by atoms with Crippen molar-refractivity contribution in [2.75, 3.05) is 6.79 Å². The van der Waals surface area contributed by atoms with Gasteiger partial charge in [0.2, 0.25) is 6.79 Å². The number of fused-ring (bicyclic) bond motifs is 1. The van der Waals surface area contributed by atoms with Crippen molar-refractivity contribution in [1.29, 1.82) is 0 Å². The number of amides is 1. The van der Waals surface area contributed by atoms with Crippen LogP contribution in [0.15, 0.2) is 24.3 Å². The highest BCUT2D eigenvalue weighted by molar-refractivity contribution is 5.92. The first-order chi connectivity index (χ1) is 9.63. The molecule has 2 aromatic rings. The van der Waals surface area contributed by atoms with Crippen molar-refractivity contribution in [2.24, 2.45) is 7.05 Å². The number of aromatic nitrogens is 2. The molecular formula is C14H15N3O3. The van der Waals surface area contributed by atoms with E-state index in [4.69, 9.17) is 9.47 Å². The molecule has 0 radical (unpaired) electrons. The molecule has 1 aromatic heterocycles. The van der Waals surface area contributed by atoms with Gasteiger partial charge in [0, 0.05) is 13.6 Å². The van der Waals surface area contributed by atoms with Gasteiger partial charge in [-0.15, -0.1) is 0 Å². The molecule has 104 valence electrons. The van der Waals surface area contributed by atoms with Gasteiger partial charge >= 0.3 is 0 Å². The zero-order valence-corrected chi connectivity index (χ0v) is 11.3. The van der Waals surface area contributed by atoms with Crippen LogP contribution in [0, 0.1) is 6.92 Å². The third kappa shape index (κ3) is 2.32. The van der Waals surface area contributed by atoms with Crippen molar-refractivity contribution < 1.29 is 14.3 Å². The van der Waals surface area contributed by atoms with E-state index >= 15 is 0 Å². The van der Waals surface area contributed by atoms with Gasteiger partial charge in [0.05, 0.1) is 5.69 Å². The average Bonchev–Trinajstić information content (AvgIpc) is 3.01. The summed E-state index contributed by atoms with van der Waals surface area (Å²) in [5.74, 6) is 1.31. The number of aryl methyl sites for hydroxylation is 2. The number of hydrogen-bond acceptors (Lipinski definition) is 4. The number of nitrogens with one attached hydrogen (secondary N) is 1. The predicted octanol–water partition coefficient (Wildman–Crippen LogP) is 1.39. The first-order valence-corrected chi connectivity index (χ1v) is 6.31. The number of ether oxygens (including phenoxy) is 2. The summed E-state index contributed by atoms with van der Waals surface area (Å²) >= 11 is 0. The number of benzene rings is 1. The fourth-order valence-electron chi connectivity index (χ4n) is 2.15. The third-order valence-corrected chi connectivity index (χ3v) is 3.12. The molecule has 1 aliphatic heterocycles. The lowest BCUT2D eigenvalue weighted by molar-refractivity contribution is 0.0941. The van der Waals surface area contributed by atoms with Gasteiger partial charge in [0.15, 0.2) is 11.5 Å². The Bertz CT molecular complexity index is 664. The molecule has 1 N–H and O–H groups in total. The number of rotatable bonds is 3. The second kappa shape index (κ2) is 4.88. The normalized spacial score (nSPS) is 12.5. The largest absolute Gasteiger partial charge is 0.454 e. The maximum Gasteiger partial charge on any atom is 0.269 e. The van der Waals surface area contributed by atoms with E-state index in [-0.39, 0.29) is 12.7 Å². The SMILES string of the molecule is Cc1cc(C(=O)NCc2ccc3c(c2)OCO3)n(C)n1. The zero-order valence-electron chi connectivity index (χ0n) is 11.3. The third-order valence-electron chi connectivity index (χ3n) is 3.12. The van der Waals surface area contributed by atoms with Crippen molar-refractivity contribution in [2.45, 2.75) is 13.5 Å². The minimum atomic E-state index is -0.147. The van der Waals surface area contributed by atoms with Crippen molar-refractivity contribution in [3.05, 3.63) is 41.2 Å². The fourth-order valence-corrected chi connectivity index (χ4v) is 2.15. The van der Waals surface area contributed by atoms with Crippen molar-refractivity contribution in [1.82, 2.24) is 15.1 Å². The van der Waals surface area contributed by atoms with Gasteiger partial charge in [-0.05, 0) is 30.7 Å². The van der Waals surface area contributed by atoms with E-state index in [9.17, 15) is 4.79 Å². The monoisotopic (exact) mass is 273 g/mol. The summed E-state index contributed by atoms with van der Waals surface area (Å²) in [4.78, 5) is 12.1. The second-order valence-electron chi connectivity index (χ2n) is 4.66. The van der Waals surface area contributed by atoms with Crippen LogP contribution in [0.3, 0.4) is 0 Å². The van der Waals surface area contributed by atoms with Crippen LogP contribution in [-0.4, -0.2) is 22.5 Å². The Morgan fingerprint density at radius 2 is 2.15 bits per heavy atom. The highest BCUT2D eigenvalue weighted by Crippen LogP contribution is 2.32. The van der Waals surface area contributed by atoms with Crippen LogP contribution in [-0.2, 0) is 13.6 Å². The Morgan fingerprint density at radius 1 is 1.35 bits per heavy atom. The molecule has 0 unspecified atom stereocenters.